The van der Waals surface area contributed by atoms with E-state index < -0.39 is 4.92 Å². The van der Waals surface area contributed by atoms with Gasteiger partial charge in [0.2, 0.25) is 5.95 Å². The molecule has 4 aromatic rings. The smallest absolute Gasteiger partial charge is 0.270 e. The van der Waals surface area contributed by atoms with Gasteiger partial charge in [0.1, 0.15) is 0 Å². The van der Waals surface area contributed by atoms with Crippen molar-refractivity contribution in [1.82, 2.24) is 9.97 Å². The fraction of sp³-hybridized carbons (Fsp3) is 0.0455. The number of nitro groups is 1. The maximum Gasteiger partial charge on any atom is 0.270 e. The summed E-state index contributed by atoms with van der Waals surface area (Å²) in [7, 11) is 0. The van der Waals surface area contributed by atoms with Crippen LogP contribution in [0.2, 0.25) is 0 Å². The highest BCUT2D eigenvalue weighted by molar-refractivity contribution is 5.83. The van der Waals surface area contributed by atoms with E-state index in [2.05, 4.69) is 21.4 Å². The Bertz CT molecular complexity index is 1260. The molecule has 0 radical (unpaired) electrons. The average Bonchev–Trinajstić information content (AvgIpc) is 2.75. The van der Waals surface area contributed by atoms with E-state index >= 15 is 0 Å². The van der Waals surface area contributed by atoms with Crippen molar-refractivity contribution in [2.24, 2.45) is 0 Å². The predicted molar refractivity (Wildman–Crippen MR) is 111 cm³/mol. The molecule has 7 heteroatoms. The average molecular weight is 381 g/mol. The number of rotatable bonds is 5. The van der Waals surface area contributed by atoms with Crippen LogP contribution in [0.1, 0.15) is 5.56 Å². The maximum absolute atomic E-state index is 11.2. The number of nitro benzene ring substituents is 1. The molecule has 3 aromatic carbocycles. The maximum atomic E-state index is 11.2. The highest BCUT2D eigenvalue weighted by Gasteiger charge is 2.12. The lowest BCUT2D eigenvalue weighted by molar-refractivity contribution is -0.384. The van der Waals surface area contributed by atoms with Gasteiger partial charge >= 0.3 is 0 Å². The molecule has 0 spiro atoms. The van der Waals surface area contributed by atoms with Gasteiger partial charge in [0.15, 0.2) is 0 Å². The van der Waals surface area contributed by atoms with Gasteiger partial charge in [0.05, 0.1) is 22.9 Å². The number of anilines is 2. The van der Waals surface area contributed by atoms with Crippen LogP contribution in [0.4, 0.5) is 17.3 Å². The zero-order chi connectivity index (χ0) is 20.2. The van der Waals surface area contributed by atoms with Crippen LogP contribution in [0.5, 0.6) is 0 Å². The number of fused-ring (bicyclic) bond motifs is 1. The van der Waals surface area contributed by atoms with E-state index in [0.29, 0.717) is 17.2 Å². The van der Waals surface area contributed by atoms with Crippen molar-refractivity contribution in [3.63, 3.8) is 0 Å². The van der Waals surface area contributed by atoms with Crippen LogP contribution in [0.3, 0.4) is 0 Å². The first-order valence-electron chi connectivity index (χ1n) is 8.87. The second-order valence-electron chi connectivity index (χ2n) is 6.40. The number of hydrogen-bond donors (Lipinski definition) is 1. The molecule has 0 aliphatic heterocycles. The van der Waals surface area contributed by atoms with Crippen LogP contribution in [0, 0.1) is 21.4 Å². The van der Waals surface area contributed by atoms with Gasteiger partial charge in [-0.25, -0.2) is 9.97 Å². The minimum absolute atomic E-state index is 0.00101. The van der Waals surface area contributed by atoms with Crippen molar-refractivity contribution < 1.29 is 4.92 Å². The fourth-order valence-electron chi connectivity index (χ4n) is 3.08. The van der Waals surface area contributed by atoms with Crippen LogP contribution < -0.4 is 5.32 Å². The molecular weight excluding hydrogens is 366 g/mol. The Morgan fingerprint density at radius 3 is 2.76 bits per heavy atom. The quantitative estimate of drug-likeness (QED) is 0.385. The molecule has 0 fully saturated rings. The highest BCUT2D eigenvalue weighted by atomic mass is 16.6. The molecule has 7 nitrogen and oxygen atoms in total. The first kappa shape index (κ1) is 18.1. The van der Waals surface area contributed by atoms with Crippen molar-refractivity contribution in [3.8, 4) is 17.2 Å². The molecule has 0 bridgehead atoms. The molecule has 0 aliphatic rings. The van der Waals surface area contributed by atoms with Gasteiger partial charge in [-0.1, -0.05) is 36.4 Å². The topological polar surface area (TPSA) is 105 Å². The Balaban J connectivity index is 1.79. The molecule has 1 heterocycles. The summed E-state index contributed by atoms with van der Waals surface area (Å²) in [6.45, 7) is 0. The summed E-state index contributed by atoms with van der Waals surface area (Å²) in [5.41, 5.74) is 3.73. The highest BCUT2D eigenvalue weighted by Crippen LogP contribution is 2.33. The lowest BCUT2D eigenvalue weighted by atomic mass is 9.99. The molecule has 0 saturated heterocycles. The number of para-hydroxylation sites is 1. The summed E-state index contributed by atoms with van der Waals surface area (Å²) < 4.78 is 0. The van der Waals surface area contributed by atoms with Crippen molar-refractivity contribution in [2.45, 2.75) is 6.42 Å². The lowest BCUT2D eigenvalue weighted by Crippen LogP contribution is -2.00. The second kappa shape index (κ2) is 7.74. The van der Waals surface area contributed by atoms with Crippen molar-refractivity contribution in [3.05, 3.63) is 88.6 Å². The number of aromatic nitrogens is 2. The molecule has 1 N–H and O–H groups in total. The molecule has 4 rings (SSSR count). The Labute approximate surface area is 166 Å². The van der Waals surface area contributed by atoms with Crippen molar-refractivity contribution in [1.29, 1.82) is 5.26 Å². The Hall–Kier alpha value is -4.31. The van der Waals surface area contributed by atoms with Crippen LogP contribution in [-0.4, -0.2) is 14.9 Å². The van der Waals surface area contributed by atoms with Crippen LogP contribution in [0.15, 0.2) is 72.9 Å². The van der Waals surface area contributed by atoms with Crippen LogP contribution in [-0.2, 0) is 6.42 Å². The number of nitrogens with zero attached hydrogens (tertiary/aromatic N) is 4. The molecular formula is C22H15N5O2. The minimum atomic E-state index is -0.428. The lowest BCUT2D eigenvalue weighted by Gasteiger charge is -2.13. The largest absolute Gasteiger partial charge is 0.324 e. The Kier molecular flexibility index (Phi) is 4.82. The van der Waals surface area contributed by atoms with E-state index in [1.54, 1.807) is 18.3 Å². The minimum Gasteiger partial charge on any atom is -0.324 e. The molecule has 0 unspecified atom stereocenters. The van der Waals surface area contributed by atoms with Gasteiger partial charge in [-0.15, -0.1) is 0 Å². The third kappa shape index (κ3) is 3.87. The van der Waals surface area contributed by atoms with Gasteiger partial charge in [0.25, 0.3) is 5.69 Å². The third-order valence-electron chi connectivity index (χ3n) is 4.47. The molecule has 29 heavy (non-hydrogen) atoms. The number of nitrogens with one attached hydrogen (secondary N) is 1. The third-order valence-corrected chi connectivity index (χ3v) is 4.47. The van der Waals surface area contributed by atoms with Crippen LogP contribution in [0.25, 0.3) is 22.0 Å². The predicted octanol–water partition coefficient (Wildman–Crippen LogP) is 5.01. The van der Waals surface area contributed by atoms with E-state index in [1.165, 1.54) is 12.1 Å². The Morgan fingerprint density at radius 1 is 1.07 bits per heavy atom. The molecule has 0 aliphatic carbocycles. The van der Waals surface area contributed by atoms with Crippen molar-refractivity contribution >= 4 is 28.2 Å². The molecule has 0 amide bonds. The normalized spacial score (nSPS) is 10.4. The van der Waals surface area contributed by atoms with Gasteiger partial charge in [-0.2, -0.15) is 5.26 Å². The standard InChI is InChI=1S/C22H15N5O2/c23-11-10-15-8-9-21(19(12-15)16-5-3-6-18(13-16)27(28)29)26-22-24-14-17-4-1-2-7-20(17)25-22/h1-9,12-14H,10H2,(H,24,25,26). The van der Waals surface area contributed by atoms with Gasteiger partial charge in [-0.05, 0) is 29.3 Å². The van der Waals surface area contributed by atoms with E-state index in [-0.39, 0.29) is 12.1 Å². The summed E-state index contributed by atoms with van der Waals surface area (Å²) >= 11 is 0. The Morgan fingerprint density at radius 2 is 1.93 bits per heavy atom. The number of non-ortho nitro benzene ring substituents is 1. The van der Waals surface area contributed by atoms with E-state index in [4.69, 9.17) is 5.26 Å². The fourth-order valence-corrected chi connectivity index (χ4v) is 3.08. The van der Waals surface area contributed by atoms with Crippen LogP contribution >= 0.6 is 0 Å². The van der Waals surface area contributed by atoms with Gasteiger partial charge in [-0.3, -0.25) is 10.1 Å². The number of nitriles is 1. The first-order valence-corrected chi connectivity index (χ1v) is 8.87. The zero-order valence-electron chi connectivity index (χ0n) is 15.2. The van der Waals surface area contributed by atoms with Gasteiger partial charge < -0.3 is 5.32 Å². The van der Waals surface area contributed by atoms with E-state index in [1.807, 2.05) is 42.5 Å². The molecule has 1 aromatic heterocycles. The summed E-state index contributed by atoms with van der Waals surface area (Å²) in [4.78, 5) is 19.6. The van der Waals surface area contributed by atoms with Gasteiger partial charge in [0, 0.05) is 35.0 Å². The van der Waals surface area contributed by atoms with E-state index in [0.717, 1.165) is 22.0 Å². The first-order chi connectivity index (χ1) is 14.1. The molecule has 140 valence electrons. The van der Waals surface area contributed by atoms with E-state index in [9.17, 15) is 10.1 Å². The number of hydrogen-bond acceptors (Lipinski definition) is 6. The number of benzene rings is 3. The summed E-state index contributed by atoms with van der Waals surface area (Å²) in [6.07, 6.45) is 1.98. The second-order valence-corrected chi connectivity index (χ2v) is 6.40. The summed E-state index contributed by atoms with van der Waals surface area (Å²) in [5.74, 6) is 0.420. The van der Waals surface area contributed by atoms with Crippen molar-refractivity contribution in [2.75, 3.05) is 5.32 Å². The summed E-state index contributed by atoms with van der Waals surface area (Å²) in [5, 5.41) is 24.3. The molecule has 0 atom stereocenters. The molecule has 0 saturated carbocycles. The summed E-state index contributed by atoms with van der Waals surface area (Å²) in [6, 6.07) is 21.7. The SMILES string of the molecule is N#CCc1ccc(Nc2ncc3ccccc3n2)c(-c2cccc([N+](=O)[O-])c2)c1. The monoisotopic (exact) mass is 381 g/mol. The zero-order valence-corrected chi connectivity index (χ0v) is 15.2.